The Labute approximate surface area is 146 Å². The van der Waals surface area contributed by atoms with E-state index < -0.39 is 5.60 Å². The number of aliphatic hydroxyl groups is 1. The first-order valence-corrected chi connectivity index (χ1v) is 9.82. The van der Waals surface area contributed by atoms with Gasteiger partial charge in [0, 0.05) is 18.8 Å². The molecule has 3 heterocycles. The summed E-state index contributed by atoms with van der Waals surface area (Å²) >= 11 is 0. The normalized spacial score (nSPS) is 35.9. The first-order chi connectivity index (χ1) is 11.6. The largest absolute Gasteiger partial charge is 0.382 e. The van der Waals surface area contributed by atoms with E-state index >= 15 is 0 Å². The van der Waals surface area contributed by atoms with Gasteiger partial charge in [-0.15, -0.1) is 0 Å². The van der Waals surface area contributed by atoms with Crippen LogP contribution in [0, 0.1) is 11.8 Å². The summed E-state index contributed by atoms with van der Waals surface area (Å²) in [6.45, 7) is 4.19. The van der Waals surface area contributed by atoms with Gasteiger partial charge >= 0.3 is 0 Å². The lowest BCUT2D eigenvalue weighted by Crippen LogP contribution is -2.62. The number of piperidine rings is 3. The predicted molar refractivity (Wildman–Crippen MR) is 95.5 cm³/mol. The molecule has 4 aliphatic rings. The minimum Gasteiger partial charge on any atom is -0.382 e. The number of likely N-dealkylation sites (N-methyl/N-ethyl adjacent to an activating group) is 1. The molecule has 24 heavy (non-hydrogen) atoms. The van der Waals surface area contributed by atoms with Crippen molar-refractivity contribution < 1.29 is 14.3 Å². The zero-order valence-electron chi connectivity index (χ0n) is 15.0. The van der Waals surface area contributed by atoms with E-state index in [4.69, 9.17) is 4.74 Å². The van der Waals surface area contributed by atoms with Crippen molar-refractivity contribution in [3.63, 3.8) is 0 Å². The SMILES string of the molecule is C[N+]12CCC(CC1)[C@@H](OC[C@](O)(c1ccccc1)C1CCCC1)C2. The fourth-order valence-electron chi connectivity index (χ4n) is 5.34. The van der Waals surface area contributed by atoms with E-state index in [1.165, 1.54) is 38.8 Å². The van der Waals surface area contributed by atoms with Gasteiger partial charge in [-0.1, -0.05) is 43.2 Å². The quantitative estimate of drug-likeness (QED) is 0.839. The molecule has 3 aliphatic heterocycles. The van der Waals surface area contributed by atoms with Crippen LogP contribution in [0.15, 0.2) is 30.3 Å². The van der Waals surface area contributed by atoms with Crippen molar-refractivity contribution >= 4 is 0 Å². The second kappa shape index (κ2) is 6.44. The zero-order chi connectivity index (χ0) is 16.6. The van der Waals surface area contributed by atoms with Crippen LogP contribution in [0.5, 0.6) is 0 Å². The molecule has 1 N–H and O–H groups in total. The Balaban J connectivity index is 1.50. The maximum atomic E-state index is 11.6. The number of fused-ring (bicyclic) bond motifs is 3. The van der Waals surface area contributed by atoms with E-state index in [0.29, 0.717) is 24.5 Å². The van der Waals surface area contributed by atoms with Crippen LogP contribution in [0.1, 0.15) is 44.1 Å². The van der Waals surface area contributed by atoms with Crippen LogP contribution in [0.25, 0.3) is 0 Å². The van der Waals surface area contributed by atoms with Crippen LogP contribution >= 0.6 is 0 Å². The summed E-state index contributed by atoms with van der Waals surface area (Å²) in [6, 6.07) is 10.3. The van der Waals surface area contributed by atoms with E-state index in [1.54, 1.807) is 0 Å². The van der Waals surface area contributed by atoms with E-state index in [1.807, 2.05) is 18.2 Å². The Morgan fingerprint density at radius 3 is 2.38 bits per heavy atom. The first-order valence-electron chi connectivity index (χ1n) is 9.82. The van der Waals surface area contributed by atoms with Gasteiger partial charge < -0.3 is 14.3 Å². The van der Waals surface area contributed by atoms with E-state index in [-0.39, 0.29) is 0 Å². The molecular weight excluding hydrogens is 298 g/mol. The Bertz CT molecular complexity index is 546. The standard InChI is InChI=1S/C21H32NO2/c1-22-13-11-17(12-14-22)20(15-22)24-16-21(23,19-9-5-6-10-19)18-7-3-2-4-8-18/h2-4,7-8,17,19-20,23H,5-6,9-16H2,1H3/q+1/t17?,20-,21-,22?/m0/s1. The monoisotopic (exact) mass is 330 g/mol. The third-order valence-electron chi connectivity index (χ3n) is 7.05. The number of ether oxygens (including phenoxy) is 1. The van der Waals surface area contributed by atoms with Crippen LogP contribution in [0.4, 0.5) is 0 Å². The molecule has 3 nitrogen and oxygen atoms in total. The number of hydrogen-bond donors (Lipinski definition) is 1. The molecule has 0 amide bonds. The third-order valence-corrected chi connectivity index (χ3v) is 7.05. The molecule has 1 aliphatic carbocycles. The average Bonchev–Trinajstić information content (AvgIpc) is 3.16. The zero-order valence-corrected chi connectivity index (χ0v) is 15.0. The highest BCUT2D eigenvalue weighted by atomic mass is 16.5. The Hall–Kier alpha value is -0.900. The number of quaternary nitrogens is 1. The molecule has 1 aromatic carbocycles. The van der Waals surface area contributed by atoms with Crippen LogP contribution < -0.4 is 0 Å². The van der Waals surface area contributed by atoms with Gasteiger partial charge in [0.25, 0.3) is 0 Å². The van der Waals surface area contributed by atoms with Gasteiger partial charge in [0.15, 0.2) is 0 Å². The number of hydrogen-bond acceptors (Lipinski definition) is 2. The minimum absolute atomic E-state index is 0.328. The fraction of sp³-hybridized carbons (Fsp3) is 0.714. The molecule has 0 aromatic heterocycles. The van der Waals surface area contributed by atoms with Crippen molar-refractivity contribution in [1.29, 1.82) is 0 Å². The van der Waals surface area contributed by atoms with Crippen molar-refractivity contribution in [1.82, 2.24) is 0 Å². The molecule has 2 bridgehead atoms. The molecule has 1 saturated carbocycles. The summed E-state index contributed by atoms with van der Waals surface area (Å²) in [5, 5.41) is 11.6. The molecule has 1 aromatic rings. The van der Waals surface area contributed by atoms with Crippen molar-refractivity contribution in [2.75, 3.05) is 33.3 Å². The lowest BCUT2D eigenvalue weighted by molar-refractivity contribution is -0.928. The van der Waals surface area contributed by atoms with E-state index in [0.717, 1.165) is 29.4 Å². The Morgan fingerprint density at radius 1 is 1.08 bits per heavy atom. The third kappa shape index (κ3) is 3.02. The van der Waals surface area contributed by atoms with Crippen molar-refractivity contribution in [3.8, 4) is 0 Å². The van der Waals surface area contributed by atoms with Crippen LogP contribution in [-0.2, 0) is 10.3 Å². The van der Waals surface area contributed by atoms with Gasteiger partial charge in [-0.05, 0) is 24.3 Å². The lowest BCUT2D eigenvalue weighted by Gasteiger charge is -2.50. The van der Waals surface area contributed by atoms with Gasteiger partial charge in [0.1, 0.15) is 18.2 Å². The molecule has 3 saturated heterocycles. The second-order valence-electron chi connectivity index (χ2n) is 8.71. The molecule has 132 valence electrons. The van der Waals surface area contributed by atoms with Crippen LogP contribution in [0.2, 0.25) is 0 Å². The van der Waals surface area contributed by atoms with Crippen molar-refractivity contribution in [3.05, 3.63) is 35.9 Å². The highest BCUT2D eigenvalue weighted by molar-refractivity contribution is 5.24. The van der Waals surface area contributed by atoms with Crippen molar-refractivity contribution in [2.45, 2.75) is 50.2 Å². The summed E-state index contributed by atoms with van der Waals surface area (Å²) in [5.41, 5.74) is 0.223. The van der Waals surface area contributed by atoms with Crippen molar-refractivity contribution in [2.24, 2.45) is 11.8 Å². The smallest absolute Gasteiger partial charge is 0.116 e. The average molecular weight is 330 g/mol. The maximum Gasteiger partial charge on any atom is 0.116 e. The molecule has 5 rings (SSSR count). The molecular formula is C21H32NO2+. The summed E-state index contributed by atoms with van der Waals surface area (Å²) in [4.78, 5) is 0. The van der Waals surface area contributed by atoms with Gasteiger partial charge in [-0.3, -0.25) is 0 Å². The van der Waals surface area contributed by atoms with Crippen LogP contribution in [0.3, 0.4) is 0 Å². The highest BCUT2D eigenvalue weighted by Gasteiger charge is 2.46. The van der Waals surface area contributed by atoms with Gasteiger partial charge in [0.05, 0.1) is 26.7 Å². The summed E-state index contributed by atoms with van der Waals surface area (Å²) in [7, 11) is 2.37. The highest BCUT2D eigenvalue weighted by Crippen LogP contribution is 2.42. The molecule has 0 unspecified atom stereocenters. The Kier molecular flexibility index (Phi) is 4.44. The van der Waals surface area contributed by atoms with Gasteiger partial charge in [0.2, 0.25) is 0 Å². The fourth-order valence-corrected chi connectivity index (χ4v) is 5.34. The van der Waals surface area contributed by atoms with Crippen LogP contribution in [-0.4, -0.2) is 49.0 Å². The van der Waals surface area contributed by atoms with Gasteiger partial charge in [-0.25, -0.2) is 0 Å². The maximum absolute atomic E-state index is 11.6. The second-order valence-corrected chi connectivity index (χ2v) is 8.71. The Morgan fingerprint density at radius 2 is 1.75 bits per heavy atom. The number of benzene rings is 1. The molecule has 3 heteroatoms. The van der Waals surface area contributed by atoms with E-state index in [2.05, 4.69) is 19.2 Å². The van der Waals surface area contributed by atoms with Gasteiger partial charge in [-0.2, -0.15) is 0 Å². The molecule has 0 radical (unpaired) electrons. The predicted octanol–water partition coefficient (Wildman–Crippen LogP) is 3.32. The summed E-state index contributed by atoms with van der Waals surface area (Å²) in [5.74, 6) is 1.04. The van der Waals surface area contributed by atoms with E-state index in [9.17, 15) is 5.11 Å². The topological polar surface area (TPSA) is 29.5 Å². The molecule has 4 fully saturated rings. The first kappa shape index (κ1) is 16.6. The molecule has 2 atom stereocenters. The molecule has 0 spiro atoms. The minimum atomic E-state index is -0.817. The number of rotatable bonds is 5. The lowest BCUT2D eigenvalue weighted by atomic mass is 9.80. The number of nitrogens with zero attached hydrogens (tertiary/aromatic N) is 1. The summed E-state index contributed by atoms with van der Waals surface area (Å²) < 4.78 is 7.61. The summed E-state index contributed by atoms with van der Waals surface area (Å²) in [6.07, 6.45) is 7.62.